The number of carbonyl (C=O) groups is 2. The molecule has 2 aromatic rings. The molecule has 0 saturated carbocycles. The van der Waals surface area contributed by atoms with Crippen LogP contribution in [0.4, 0.5) is 11.4 Å². The number of carbonyl (C=O) groups excluding carboxylic acids is 2. The molecule has 2 unspecified atom stereocenters. The van der Waals surface area contributed by atoms with E-state index in [1.54, 1.807) is 0 Å². The van der Waals surface area contributed by atoms with Crippen molar-refractivity contribution in [3.63, 3.8) is 0 Å². The van der Waals surface area contributed by atoms with E-state index in [1.807, 2.05) is 38.1 Å². The van der Waals surface area contributed by atoms with E-state index in [0.29, 0.717) is 18.8 Å². The van der Waals surface area contributed by atoms with Gasteiger partial charge >= 0.3 is 5.97 Å². The molecule has 2 aromatic carbocycles. The van der Waals surface area contributed by atoms with Gasteiger partial charge in [0.25, 0.3) is 5.91 Å². The summed E-state index contributed by atoms with van der Waals surface area (Å²) in [7, 11) is -3.72. The zero-order valence-electron chi connectivity index (χ0n) is 20.3. The van der Waals surface area contributed by atoms with E-state index in [1.165, 1.54) is 41.4 Å². The van der Waals surface area contributed by atoms with Crippen LogP contribution < -0.4 is 10.2 Å². The monoisotopic (exact) mass is 499 g/mol. The maximum Gasteiger partial charge on any atom is 0.338 e. The fraction of sp³-hybridized carbons (Fsp3) is 0.462. The summed E-state index contributed by atoms with van der Waals surface area (Å²) < 4.78 is 32.9. The van der Waals surface area contributed by atoms with Crippen molar-refractivity contribution in [2.24, 2.45) is 11.8 Å². The highest BCUT2D eigenvalue weighted by atomic mass is 32.2. The van der Waals surface area contributed by atoms with E-state index in [9.17, 15) is 18.0 Å². The first-order chi connectivity index (χ1) is 16.7. The second-order valence-corrected chi connectivity index (χ2v) is 11.6. The molecule has 1 amide bonds. The number of amides is 1. The highest BCUT2D eigenvalue weighted by molar-refractivity contribution is 7.89. The molecule has 1 N–H and O–H groups in total. The zero-order chi connectivity index (χ0) is 25.0. The van der Waals surface area contributed by atoms with Gasteiger partial charge in [-0.05, 0) is 73.6 Å². The van der Waals surface area contributed by atoms with Crippen LogP contribution in [0.25, 0.3) is 0 Å². The maximum atomic E-state index is 13.1. The third kappa shape index (κ3) is 6.21. The molecular weight excluding hydrogens is 466 g/mol. The molecule has 4 rings (SSSR count). The lowest BCUT2D eigenvalue weighted by molar-refractivity contribution is -0.119. The number of esters is 1. The van der Waals surface area contributed by atoms with Crippen LogP contribution in [0.2, 0.25) is 0 Å². The molecule has 2 aliphatic rings. The number of rotatable bonds is 7. The summed E-state index contributed by atoms with van der Waals surface area (Å²) in [4.78, 5) is 27.2. The van der Waals surface area contributed by atoms with Gasteiger partial charge < -0.3 is 15.0 Å². The first kappa shape index (κ1) is 25.2. The third-order valence-electron chi connectivity index (χ3n) is 6.50. The molecule has 2 atom stereocenters. The molecule has 0 aliphatic carbocycles. The summed E-state index contributed by atoms with van der Waals surface area (Å²) in [6.45, 7) is 6.62. The Hall–Kier alpha value is -2.91. The minimum Gasteiger partial charge on any atom is -0.452 e. The Morgan fingerprint density at radius 3 is 2.31 bits per heavy atom. The Balaban J connectivity index is 1.33. The topological polar surface area (TPSA) is 96.0 Å². The van der Waals surface area contributed by atoms with Gasteiger partial charge in [0.15, 0.2) is 6.61 Å². The summed E-state index contributed by atoms with van der Waals surface area (Å²) >= 11 is 0. The molecule has 0 spiro atoms. The van der Waals surface area contributed by atoms with Gasteiger partial charge in [-0.3, -0.25) is 4.79 Å². The van der Waals surface area contributed by atoms with Crippen LogP contribution in [0.15, 0.2) is 53.4 Å². The van der Waals surface area contributed by atoms with Gasteiger partial charge in [-0.25, -0.2) is 13.2 Å². The molecule has 35 heavy (non-hydrogen) atoms. The predicted molar refractivity (Wildman–Crippen MR) is 135 cm³/mol. The van der Waals surface area contributed by atoms with Crippen LogP contribution in [0.3, 0.4) is 0 Å². The minimum atomic E-state index is -3.72. The molecule has 2 heterocycles. The Morgan fingerprint density at radius 2 is 1.66 bits per heavy atom. The van der Waals surface area contributed by atoms with Crippen molar-refractivity contribution in [3.8, 4) is 0 Å². The fourth-order valence-corrected chi connectivity index (χ4v) is 6.60. The lowest BCUT2D eigenvalue weighted by Crippen LogP contribution is -2.42. The number of hydrogen-bond acceptors (Lipinski definition) is 6. The summed E-state index contributed by atoms with van der Waals surface area (Å²) in [5.41, 5.74) is 1.83. The highest BCUT2D eigenvalue weighted by Crippen LogP contribution is 2.27. The Morgan fingerprint density at radius 1 is 1.00 bits per heavy atom. The maximum absolute atomic E-state index is 13.1. The van der Waals surface area contributed by atoms with Crippen molar-refractivity contribution >= 4 is 33.3 Å². The zero-order valence-corrected chi connectivity index (χ0v) is 21.1. The van der Waals surface area contributed by atoms with Crippen LogP contribution in [0.1, 0.15) is 43.5 Å². The lowest BCUT2D eigenvalue weighted by atomic mass is 9.94. The Kier molecular flexibility index (Phi) is 7.76. The van der Waals surface area contributed by atoms with Crippen molar-refractivity contribution in [1.82, 2.24) is 4.31 Å². The van der Waals surface area contributed by atoms with E-state index in [-0.39, 0.29) is 22.3 Å². The largest absolute Gasteiger partial charge is 0.452 e. The first-order valence-corrected chi connectivity index (χ1v) is 13.6. The quantitative estimate of drug-likeness (QED) is 0.583. The van der Waals surface area contributed by atoms with Gasteiger partial charge in [0.2, 0.25) is 10.0 Å². The van der Waals surface area contributed by atoms with Crippen LogP contribution in [0.5, 0.6) is 0 Å². The smallest absolute Gasteiger partial charge is 0.338 e. The molecule has 2 fully saturated rings. The van der Waals surface area contributed by atoms with Crippen molar-refractivity contribution in [1.29, 1.82) is 0 Å². The molecule has 188 valence electrons. The number of piperidine rings is 1. The summed E-state index contributed by atoms with van der Waals surface area (Å²) in [6, 6.07) is 13.4. The van der Waals surface area contributed by atoms with Crippen LogP contribution >= 0.6 is 0 Å². The number of hydrogen-bond donors (Lipinski definition) is 1. The van der Waals surface area contributed by atoms with Crippen molar-refractivity contribution in [3.05, 3.63) is 54.1 Å². The molecule has 0 aromatic heterocycles. The molecule has 8 nitrogen and oxygen atoms in total. The SMILES string of the molecule is CC1CC(C)CN(S(=O)(=O)c2cccc(C(=O)OCC(=O)Nc3ccc(N4CCCC4)cc3)c2)C1. The molecule has 9 heteroatoms. The Labute approximate surface area is 207 Å². The normalized spacial score (nSPS) is 21.0. The van der Waals surface area contributed by atoms with Crippen LogP contribution in [-0.2, 0) is 19.6 Å². The third-order valence-corrected chi connectivity index (χ3v) is 8.33. The van der Waals surface area contributed by atoms with Gasteiger partial charge in [0, 0.05) is 37.6 Å². The van der Waals surface area contributed by atoms with Gasteiger partial charge in [0.1, 0.15) is 0 Å². The molecule has 0 bridgehead atoms. The van der Waals surface area contributed by atoms with E-state index in [2.05, 4.69) is 10.2 Å². The summed E-state index contributed by atoms with van der Waals surface area (Å²) in [5.74, 6) is -0.664. The summed E-state index contributed by atoms with van der Waals surface area (Å²) in [5, 5.41) is 2.72. The standard InChI is InChI=1S/C26H33N3O5S/c1-19-14-20(2)17-29(16-19)35(32,33)24-7-5-6-21(15-24)26(31)34-18-25(30)27-22-8-10-23(11-9-22)28-12-3-4-13-28/h5-11,15,19-20H,3-4,12-14,16-18H2,1-2H3,(H,27,30). The molecule has 2 saturated heterocycles. The van der Waals surface area contributed by atoms with Crippen LogP contribution in [-0.4, -0.2) is 57.4 Å². The lowest BCUT2D eigenvalue weighted by Gasteiger charge is -2.34. The van der Waals surface area contributed by atoms with Crippen molar-refractivity contribution in [2.75, 3.05) is 43.0 Å². The first-order valence-electron chi connectivity index (χ1n) is 12.1. The highest BCUT2D eigenvalue weighted by Gasteiger charge is 2.32. The van der Waals surface area contributed by atoms with E-state index < -0.39 is 28.5 Å². The average molecular weight is 500 g/mol. The summed E-state index contributed by atoms with van der Waals surface area (Å²) in [6.07, 6.45) is 3.37. The van der Waals surface area contributed by atoms with Gasteiger partial charge in [0.05, 0.1) is 10.5 Å². The van der Waals surface area contributed by atoms with Gasteiger partial charge in [-0.1, -0.05) is 19.9 Å². The van der Waals surface area contributed by atoms with Crippen LogP contribution in [0, 0.1) is 11.8 Å². The molecular formula is C26H33N3O5S. The number of anilines is 2. The van der Waals surface area contributed by atoms with Gasteiger partial charge in [-0.15, -0.1) is 0 Å². The number of nitrogens with zero attached hydrogens (tertiary/aromatic N) is 2. The predicted octanol–water partition coefficient (Wildman–Crippen LogP) is 3.75. The van der Waals surface area contributed by atoms with Crippen molar-refractivity contribution in [2.45, 2.75) is 38.0 Å². The van der Waals surface area contributed by atoms with E-state index >= 15 is 0 Å². The van der Waals surface area contributed by atoms with E-state index in [0.717, 1.165) is 25.2 Å². The number of nitrogens with one attached hydrogen (secondary N) is 1. The second kappa shape index (κ2) is 10.8. The molecule has 2 aliphatic heterocycles. The average Bonchev–Trinajstić information content (AvgIpc) is 3.37. The number of ether oxygens (including phenoxy) is 1. The fourth-order valence-electron chi connectivity index (χ4n) is 4.88. The molecule has 0 radical (unpaired) electrons. The van der Waals surface area contributed by atoms with Crippen molar-refractivity contribution < 1.29 is 22.7 Å². The number of sulfonamides is 1. The second-order valence-electron chi connectivity index (χ2n) is 9.66. The van der Waals surface area contributed by atoms with Gasteiger partial charge in [-0.2, -0.15) is 4.31 Å². The minimum absolute atomic E-state index is 0.0517. The van der Waals surface area contributed by atoms with E-state index in [4.69, 9.17) is 4.74 Å². The Bertz CT molecular complexity index is 1150. The number of benzene rings is 2.